The molecule has 0 aromatic carbocycles. The minimum absolute atomic E-state index is 0.103. The van der Waals surface area contributed by atoms with E-state index < -0.39 is 29.7 Å². The van der Waals surface area contributed by atoms with Crippen molar-refractivity contribution in [2.45, 2.75) is 52.3 Å². The summed E-state index contributed by atoms with van der Waals surface area (Å²) in [6, 6.07) is -1.81. The van der Waals surface area contributed by atoms with E-state index in [0.29, 0.717) is 0 Å². The molecule has 0 aliphatic rings. The van der Waals surface area contributed by atoms with Crippen molar-refractivity contribution in [2.75, 3.05) is 0 Å². The molecular weight excluding hydrogens is 224 g/mol. The molecule has 17 heavy (non-hydrogen) atoms. The van der Waals surface area contributed by atoms with Crippen molar-refractivity contribution in [2.24, 2.45) is 11.7 Å². The zero-order chi connectivity index (χ0) is 13.8. The molecule has 0 heterocycles. The van der Waals surface area contributed by atoms with Gasteiger partial charge in [-0.1, -0.05) is 13.8 Å². The molecule has 0 unspecified atom stereocenters. The topological polar surface area (TPSA) is 102 Å². The third-order valence-electron chi connectivity index (χ3n) is 2.07. The van der Waals surface area contributed by atoms with Gasteiger partial charge >= 0.3 is 12.1 Å². The largest absolute Gasteiger partial charge is 0.480 e. The van der Waals surface area contributed by atoms with Crippen LogP contribution in [0.5, 0.6) is 0 Å². The van der Waals surface area contributed by atoms with Gasteiger partial charge in [-0.15, -0.1) is 0 Å². The summed E-state index contributed by atoms with van der Waals surface area (Å²) in [5.74, 6) is -1.26. The van der Waals surface area contributed by atoms with Gasteiger partial charge in [-0.05, 0) is 26.7 Å². The molecule has 0 spiro atoms. The maximum absolute atomic E-state index is 11.5. The Bertz CT molecular complexity index is 284. The van der Waals surface area contributed by atoms with Crippen LogP contribution in [0, 0.1) is 5.92 Å². The fourth-order valence-electron chi connectivity index (χ4n) is 1.27. The predicted octanol–water partition coefficient (Wildman–Crippen LogP) is 0.948. The third-order valence-corrected chi connectivity index (χ3v) is 2.07. The minimum Gasteiger partial charge on any atom is -0.480 e. The molecule has 0 rings (SSSR count). The average Bonchev–Trinajstić information content (AvgIpc) is 2.09. The van der Waals surface area contributed by atoms with Crippen LogP contribution in [-0.2, 0) is 9.53 Å². The average molecular weight is 246 g/mol. The molecule has 0 aromatic heterocycles. The number of ether oxygens (including phenoxy) is 1. The van der Waals surface area contributed by atoms with E-state index in [4.69, 9.17) is 15.6 Å². The second-order valence-corrected chi connectivity index (χ2v) is 5.28. The van der Waals surface area contributed by atoms with Crippen molar-refractivity contribution in [1.82, 2.24) is 5.32 Å². The lowest BCUT2D eigenvalue weighted by Crippen LogP contribution is -2.55. The first kappa shape index (κ1) is 15.7. The Labute approximate surface area is 102 Å². The Balaban J connectivity index is 4.57. The Morgan fingerprint density at radius 1 is 1.29 bits per heavy atom. The van der Waals surface area contributed by atoms with Gasteiger partial charge in [0.1, 0.15) is 11.6 Å². The van der Waals surface area contributed by atoms with Gasteiger partial charge in [0.15, 0.2) is 0 Å². The monoisotopic (exact) mass is 246 g/mol. The number of aliphatic carboxylic acids is 1. The lowest BCUT2D eigenvalue weighted by atomic mass is 9.97. The highest BCUT2D eigenvalue weighted by molar-refractivity contribution is 5.76. The van der Waals surface area contributed by atoms with Crippen LogP contribution >= 0.6 is 0 Å². The number of hydrogen-bond acceptors (Lipinski definition) is 4. The van der Waals surface area contributed by atoms with E-state index in [1.807, 2.05) is 0 Å². The molecule has 100 valence electrons. The van der Waals surface area contributed by atoms with E-state index >= 15 is 0 Å². The van der Waals surface area contributed by atoms with Gasteiger partial charge in [-0.2, -0.15) is 0 Å². The molecular formula is C11H22N2O4. The Morgan fingerprint density at radius 2 is 1.76 bits per heavy atom. The SMILES string of the molecule is CC(C)[C@@H](NC(=O)OC(C)(C)C)[C@H](N)C(=O)O. The van der Waals surface area contributed by atoms with Crippen molar-refractivity contribution in [3.8, 4) is 0 Å². The van der Waals surface area contributed by atoms with Gasteiger partial charge in [0.2, 0.25) is 0 Å². The molecule has 0 saturated carbocycles. The van der Waals surface area contributed by atoms with Gasteiger partial charge in [0.05, 0.1) is 6.04 Å². The smallest absolute Gasteiger partial charge is 0.407 e. The molecule has 0 aliphatic heterocycles. The van der Waals surface area contributed by atoms with Crippen LogP contribution in [0.15, 0.2) is 0 Å². The van der Waals surface area contributed by atoms with E-state index in [9.17, 15) is 9.59 Å². The van der Waals surface area contributed by atoms with Gasteiger partial charge in [0, 0.05) is 0 Å². The molecule has 4 N–H and O–H groups in total. The van der Waals surface area contributed by atoms with Crippen LogP contribution in [0.25, 0.3) is 0 Å². The number of carbonyl (C=O) groups is 2. The highest BCUT2D eigenvalue weighted by Crippen LogP contribution is 2.10. The van der Waals surface area contributed by atoms with Crippen molar-refractivity contribution in [3.05, 3.63) is 0 Å². The maximum Gasteiger partial charge on any atom is 0.407 e. The summed E-state index contributed by atoms with van der Waals surface area (Å²) in [7, 11) is 0. The number of nitrogens with one attached hydrogen (secondary N) is 1. The number of carboxylic acid groups (broad SMARTS) is 1. The first-order chi connectivity index (χ1) is 7.54. The second kappa shape index (κ2) is 5.86. The fraction of sp³-hybridized carbons (Fsp3) is 0.818. The molecule has 0 fully saturated rings. The first-order valence-corrected chi connectivity index (χ1v) is 5.52. The van der Waals surface area contributed by atoms with Crippen molar-refractivity contribution in [1.29, 1.82) is 0 Å². The van der Waals surface area contributed by atoms with E-state index in [0.717, 1.165) is 0 Å². The summed E-state index contributed by atoms with van der Waals surface area (Å²) < 4.78 is 5.05. The summed E-state index contributed by atoms with van der Waals surface area (Å²) in [5, 5.41) is 11.3. The lowest BCUT2D eigenvalue weighted by molar-refractivity contribution is -0.139. The molecule has 1 amide bonds. The van der Waals surface area contributed by atoms with E-state index in [1.54, 1.807) is 34.6 Å². The summed E-state index contributed by atoms with van der Waals surface area (Å²) in [6.45, 7) is 8.76. The summed E-state index contributed by atoms with van der Waals surface area (Å²) >= 11 is 0. The number of alkyl carbamates (subject to hydrolysis) is 1. The van der Waals surface area contributed by atoms with Crippen LogP contribution in [0.2, 0.25) is 0 Å². The van der Waals surface area contributed by atoms with E-state index in [-0.39, 0.29) is 5.92 Å². The first-order valence-electron chi connectivity index (χ1n) is 5.52. The summed E-state index contributed by atoms with van der Waals surface area (Å²) in [5.41, 5.74) is 4.88. The zero-order valence-electron chi connectivity index (χ0n) is 11.0. The van der Waals surface area contributed by atoms with Crippen molar-refractivity contribution in [3.63, 3.8) is 0 Å². The molecule has 0 saturated heterocycles. The van der Waals surface area contributed by atoms with Crippen LogP contribution < -0.4 is 11.1 Å². The number of nitrogens with two attached hydrogens (primary N) is 1. The minimum atomic E-state index is -1.15. The highest BCUT2D eigenvalue weighted by Gasteiger charge is 2.30. The number of carbonyl (C=O) groups excluding carboxylic acids is 1. The standard InChI is InChI=1S/C11H22N2O4/c1-6(2)8(7(12)9(14)15)13-10(16)17-11(3,4)5/h6-8H,12H2,1-5H3,(H,13,16)(H,14,15)/t7-,8+/m0/s1. The second-order valence-electron chi connectivity index (χ2n) is 5.28. The number of rotatable bonds is 4. The molecule has 0 aliphatic carbocycles. The molecule has 6 heteroatoms. The summed E-state index contributed by atoms with van der Waals surface area (Å²) in [6.07, 6.45) is -0.659. The zero-order valence-corrected chi connectivity index (χ0v) is 11.0. The fourth-order valence-corrected chi connectivity index (χ4v) is 1.27. The molecule has 6 nitrogen and oxygen atoms in total. The highest BCUT2D eigenvalue weighted by atomic mass is 16.6. The Kier molecular flexibility index (Phi) is 5.41. The van der Waals surface area contributed by atoms with Gasteiger partial charge in [0.25, 0.3) is 0 Å². The van der Waals surface area contributed by atoms with Crippen molar-refractivity contribution >= 4 is 12.1 Å². The van der Waals surface area contributed by atoms with Crippen LogP contribution in [0.3, 0.4) is 0 Å². The summed E-state index contributed by atoms with van der Waals surface area (Å²) in [4.78, 5) is 22.3. The maximum atomic E-state index is 11.5. The Hall–Kier alpha value is -1.30. The van der Waals surface area contributed by atoms with Gasteiger partial charge < -0.3 is 20.9 Å². The van der Waals surface area contributed by atoms with Gasteiger partial charge in [-0.25, -0.2) is 4.79 Å². The van der Waals surface area contributed by atoms with Crippen molar-refractivity contribution < 1.29 is 19.4 Å². The number of amides is 1. The quantitative estimate of drug-likeness (QED) is 0.685. The Morgan fingerprint density at radius 3 is 2.06 bits per heavy atom. The molecule has 0 radical (unpaired) electrons. The predicted molar refractivity (Wildman–Crippen MR) is 63.6 cm³/mol. The van der Waals surface area contributed by atoms with E-state index in [1.165, 1.54) is 0 Å². The number of carboxylic acids is 1. The van der Waals surface area contributed by atoms with E-state index in [2.05, 4.69) is 5.32 Å². The molecule has 0 bridgehead atoms. The third kappa shape index (κ3) is 6.11. The van der Waals surface area contributed by atoms with Crippen LogP contribution in [0.1, 0.15) is 34.6 Å². The van der Waals surface area contributed by atoms with Gasteiger partial charge in [-0.3, -0.25) is 4.79 Å². The van der Waals surface area contributed by atoms with Crippen LogP contribution in [-0.4, -0.2) is 34.9 Å². The molecule has 0 aromatic rings. The van der Waals surface area contributed by atoms with Crippen LogP contribution in [0.4, 0.5) is 4.79 Å². The normalized spacial score (nSPS) is 15.2. The molecule has 2 atom stereocenters. The number of hydrogen-bond donors (Lipinski definition) is 3. The lowest BCUT2D eigenvalue weighted by Gasteiger charge is -2.27.